The second-order valence-corrected chi connectivity index (χ2v) is 5.23. The van der Waals surface area contributed by atoms with Gasteiger partial charge in [0, 0.05) is 17.5 Å². The van der Waals surface area contributed by atoms with E-state index in [4.69, 9.17) is 0 Å². The van der Waals surface area contributed by atoms with Crippen LogP contribution in [0.5, 0.6) is 11.5 Å². The zero-order valence-electron chi connectivity index (χ0n) is 12.2. The molecule has 0 unspecified atom stereocenters. The molecule has 2 aromatic carbocycles. The lowest BCUT2D eigenvalue weighted by atomic mass is 10.00. The van der Waals surface area contributed by atoms with Crippen LogP contribution >= 0.6 is 0 Å². The van der Waals surface area contributed by atoms with Gasteiger partial charge in [0.25, 0.3) is 0 Å². The van der Waals surface area contributed by atoms with Crippen LogP contribution in [0.1, 0.15) is 40.7 Å². The fourth-order valence-electron chi connectivity index (χ4n) is 2.34. The van der Waals surface area contributed by atoms with E-state index in [1.807, 2.05) is 30.3 Å². The number of aromatic hydroxyl groups is 2. The first-order chi connectivity index (χ1) is 10.1. The van der Waals surface area contributed by atoms with E-state index in [2.05, 4.69) is 0 Å². The first kappa shape index (κ1) is 15.1. The number of hydrogen-bond acceptors (Lipinski definition) is 3. The maximum absolute atomic E-state index is 11.9. The largest absolute Gasteiger partial charge is 0.508 e. The fraction of sp³-hybridized carbons (Fsp3) is 0.278. The van der Waals surface area contributed by atoms with Gasteiger partial charge in [0.05, 0.1) is 0 Å². The summed E-state index contributed by atoms with van der Waals surface area (Å²) in [5.41, 5.74) is 2.06. The molecule has 0 saturated carbocycles. The molecular formula is C18H20O3. The van der Waals surface area contributed by atoms with E-state index in [1.165, 1.54) is 0 Å². The first-order valence-electron chi connectivity index (χ1n) is 7.18. The monoisotopic (exact) mass is 284 g/mol. The lowest BCUT2D eigenvalue weighted by Gasteiger charge is -2.09. The molecule has 3 heteroatoms. The summed E-state index contributed by atoms with van der Waals surface area (Å²) in [5.74, 6) is 0.408. The molecule has 0 aliphatic carbocycles. The van der Waals surface area contributed by atoms with Crippen LogP contribution in [-0.2, 0) is 6.42 Å². The Morgan fingerprint density at radius 1 is 1.00 bits per heavy atom. The van der Waals surface area contributed by atoms with Gasteiger partial charge in [-0.05, 0) is 37.8 Å². The molecule has 3 nitrogen and oxygen atoms in total. The average Bonchev–Trinajstić information content (AvgIpc) is 2.51. The van der Waals surface area contributed by atoms with E-state index >= 15 is 0 Å². The van der Waals surface area contributed by atoms with Crippen molar-refractivity contribution >= 4 is 5.78 Å². The van der Waals surface area contributed by atoms with Gasteiger partial charge in [-0.1, -0.05) is 36.4 Å². The number of carbonyl (C=O) groups excluding carboxylic acids is 1. The van der Waals surface area contributed by atoms with Crippen molar-refractivity contribution in [3.05, 3.63) is 59.2 Å². The Balaban J connectivity index is 1.86. The van der Waals surface area contributed by atoms with Crippen molar-refractivity contribution in [1.82, 2.24) is 0 Å². The summed E-state index contributed by atoms with van der Waals surface area (Å²) in [7, 11) is 0. The zero-order chi connectivity index (χ0) is 15.2. The zero-order valence-corrected chi connectivity index (χ0v) is 12.2. The number of phenolic OH excluding ortho intramolecular Hbond substituents is 2. The molecule has 0 saturated heterocycles. The number of rotatable bonds is 6. The summed E-state index contributed by atoms with van der Waals surface area (Å²) in [4.78, 5) is 11.9. The highest BCUT2D eigenvalue weighted by Gasteiger charge is 2.10. The van der Waals surface area contributed by atoms with Crippen molar-refractivity contribution in [2.24, 2.45) is 0 Å². The van der Waals surface area contributed by atoms with Gasteiger partial charge in [-0.3, -0.25) is 4.79 Å². The Labute approximate surface area is 124 Å². The second-order valence-electron chi connectivity index (χ2n) is 5.23. The van der Waals surface area contributed by atoms with Crippen molar-refractivity contribution in [2.45, 2.75) is 32.6 Å². The third-order valence-corrected chi connectivity index (χ3v) is 3.64. The van der Waals surface area contributed by atoms with Crippen LogP contribution < -0.4 is 0 Å². The summed E-state index contributed by atoms with van der Waals surface area (Å²) in [5, 5.41) is 19.7. The quantitative estimate of drug-likeness (QED) is 0.622. The maximum Gasteiger partial charge on any atom is 0.162 e. The molecule has 0 amide bonds. The highest BCUT2D eigenvalue weighted by molar-refractivity contribution is 5.95. The topological polar surface area (TPSA) is 57.5 Å². The molecular weight excluding hydrogens is 264 g/mol. The van der Waals surface area contributed by atoms with E-state index in [-0.39, 0.29) is 17.3 Å². The molecule has 0 radical (unpaired) electrons. The van der Waals surface area contributed by atoms with E-state index in [1.54, 1.807) is 19.1 Å². The molecule has 21 heavy (non-hydrogen) atoms. The molecule has 0 heterocycles. The molecule has 0 spiro atoms. The minimum Gasteiger partial charge on any atom is -0.508 e. The van der Waals surface area contributed by atoms with Gasteiger partial charge >= 0.3 is 0 Å². The predicted molar refractivity (Wildman–Crippen MR) is 82.8 cm³/mol. The second kappa shape index (κ2) is 6.93. The molecule has 0 aliphatic heterocycles. The standard InChI is InChI=1S/C18H20O3/c1-13-11-12-17(20)15(18(13)21)9-5-6-10-16(19)14-7-3-2-4-8-14/h2-4,7-8,11-12,20-21H,5-6,9-10H2,1H3. The molecule has 0 fully saturated rings. The van der Waals surface area contributed by atoms with E-state index in [0.29, 0.717) is 18.4 Å². The number of benzene rings is 2. The van der Waals surface area contributed by atoms with E-state index < -0.39 is 0 Å². The number of Topliss-reactive ketones (excluding diaryl/α,β-unsaturated/α-hetero) is 1. The van der Waals surface area contributed by atoms with Crippen molar-refractivity contribution in [3.8, 4) is 11.5 Å². The summed E-state index contributed by atoms with van der Waals surface area (Å²) in [6, 6.07) is 12.5. The van der Waals surface area contributed by atoms with Gasteiger partial charge in [0.15, 0.2) is 5.78 Å². The number of carbonyl (C=O) groups is 1. The lowest BCUT2D eigenvalue weighted by molar-refractivity contribution is 0.0979. The minimum absolute atomic E-state index is 0.118. The van der Waals surface area contributed by atoms with Gasteiger partial charge in [0.2, 0.25) is 0 Å². The molecule has 2 aromatic rings. The Morgan fingerprint density at radius 2 is 1.71 bits per heavy atom. The molecule has 0 aromatic heterocycles. The predicted octanol–water partition coefficient (Wildman–Crippen LogP) is 4.00. The smallest absolute Gasteiger partial charge is 0.162 e. The Kier molecular flexibility index (Phi) is 4.99. The van der Waals surface area contributed by atoms with Crippen LogP contribution in [-0.4, -0.2) is 16.0 Å². The fourth-order valence-corrected chi connectivity index (χ4v) is 2.34. The average molecular weight is 284 g/mol. The summed E-state index contributed by atoms with van der Waals surface area (Å²) < 4.78 is 0. The number of unbranched alkanes of at least 4 members (excludes halogenated alkanes) is 1. The molecule has 110 valence electrons. The van der Waals surface area contributed by atoms with Crippen LogP contribution in [0.2, 0.25) is 0 Å². The molecule has 0 bridgehead atoms. The molecule has 2 N–H and O–H groups in total. The van der Waals surface area contributed by atoms with Gasteiger partial charge in [-0.15, -0.1) is 0 Å². The molecule has 2 rings (SSSR count). The highest BCUT2D eigenvalue weighted by atomic mass is 16.3. The summed E-state index contributed by atoms with van der Waals surface area (Å²) >= 11 is 0. The van der Waals surface area contributed by atoms with Gasteiger partial charge < -0.3 is 10.2 Å². The van der Waals surface area contributed by atoms with Crippen molar-refractivity contribution < 1.29 is 15.0 Å². The summed E-state index contributed by atoms with van der Waals surface area (Å²) in [6.07, 6.45) is 2.54. The maximum atomic E-state index is 11.9. The highest BCUT2D eigenvalue weighted by Crippen LogP contribution is 2.31. The van der Waals surface area contributed by atoms with Crippen molar-refractivity contribution in [3.63, 3.8) is 0 Å². The van der Waals surface area contributed by atoms with Crippen LogP contribution in [0.15, 0.2) is 42.5 Å². The third-order valence-electron chi connectivity index (χ3n) is 3.64. The summed E-state index contributed by atoms with van der Waals surface area (Å²) in [6.45, 7) is 1.80. The first-order valence-corrected chi connectivity index (χ1v) is 7.18. The SMILES string of the molecule is Cc1ccc(O)c(CCCCC(=O)c2ccccc2)c1O. The normalized spacial score (nSPS) is 10.5. The number of phenols is 2. The van der Waals surface area contributed by atoms with E-state index in [0.717, 1.165) is 24.0 Å². The van der Waals surface area contributed by atoms with Crippen LogP contribution in [0.4, 0.5) is 0 Å². The van der Waals surface area contributed by atoms with Crippen LogP contribution in [0.25, 0.3) is 0 Å². The van der Waals surface area contributed by atoms with Gasteiger partial charge in [-0.25, -0.2) is 0 Å². The van der Waals surface area contributed by atoms with Crippen molar-refractivity contribution in [2.75, 3.05) is 0 Å². The Bertz CT molecular complexity index is 618. The number of ketones is 1. The van der Waals surface area contributed by atoms with Gasteiger partial charge in [0.1, 0.15) is 11.5 Å². The Hall–Kier alpha value is -2.29. The Morgan fingerprint density at radius 3 is 2.43 bits per heavy atom. The van der Waals surface area contributed by atoms with Crippen LogP contribution in [0.3, 0.4) is 0 Å². The molecule has 0 aliphatic rings. The molecule has 0 atom stereocenters. The van der Waals surface area contributed by atoms with Gasteiger partial charge in [-0.2, -0.15) is 0 Å². The third kappa shape index (κ3) is 3.85. The number of aryl methyl sites for hydroxylation is 1. The minimum atomic E-state index is 0.118. The number of hydrogen-bond donors (Lipinski definition) is 2. The van der Waals surface area contributed by atoms with E-state index in [9.17, 15) is 15.0 Å². The van der Waals surface area contributed by atoms with Crippen LogP contribution in [0, 0.1) is 6.92 Å². The van der Waals surface area contributed by atoms with Crippen molar-refractivity contribution in [1.29, 1.82) is 0 Å². The lowest BCUT2D eigenvalue weighted by Crippen LogP contribution is -1.99.